The van der Waals surface area contributed by atoms with E-state index in [-0.39, 0.29) is 5.30 Å². The summed E-state index contributed by atoms with van der Waals surface area (Å²) in [7, 11) is -0.957. The molecule has 0 aliphatic heterocycles. The maximum atomic E-state index is 11.3. The van der Waals surface area contributed by atoms with Crippen LogP contribution in [0.2, 0.25) is 0 Å². The Morgan fingerprint density at radius 3 is 2.62 bits per heavy atom. The molecule has 0 radical (unpaired) electrons. The van der Waals surface area contributed by atoms with Gasteiger partial charge in [0.05, 0.1) is 12.4 Å². The van der Waals surface area contributed by atoms with Crippen molar-refractivity contribution in [3.63, 3.8) is 0 Å². The standard InChI is InChI=1S/C8H11O4P/c1-11-7-4-3-5-8(6-7)13(9,10)12-2/h3-6H,1-2H3,(H,9,10). The summed E-state index contributed by atoms with van der Waals surface area (Å²) in [5.74, 6) is 0.531. The molecule has 1 unspecified atom stereocenters. The zero-order valence-corrected chi connectivity index (χ0v) is 8.32. The second-order valence-electron chi connectivity index (χ2n) is 2.40. The largest absolute Gasteiger partial charge is 0.497 e. The molecule has 4 nitrogen and oxygen atoms in total. The number of ether oxygens (including phenoxy) is 1. The second-order valence-corrected chi connectivity index (χ2v) is 4.33. The Bertz CT molecular complexity index is 337. The van der Waals surface area contributed by atoms with Crippen molar-refractivity contribution in [1.29, 1.82) is 0 Å². The maximum absolute atomic E-state index is 11.3. The fraction of sp³-hybridized carbons (Fsp3) is 0.250. The number of methoxy groups -OCH3 is 1. The minimum Gasteiger partial charge on any atom is -0.497 e. The lowest BCUT2D eigenvalue weighted by atomic mass is 10.3. The predicted octanol–water partition coefficient (Wildman–Crippen LogP) is 1.15. The summed E-state index contributed by atoms with van der Waals surface area (Å²) in [6, 6.07) is 6.33. The molecule has 5 heteroatoms. The van der Waals surface area contributed by atoms with Crippen molar-refractivity contribution >= 4 is 12.9 Å². The lowest BCUT2D eigenvalue weighted by Gasteiger charge is -2.09. The first-order valence-corrected chi connectivity index (χ1v) is 5.21. The van der Waals surface area contributed by atoms with E-state index in [0.717, 1.165) is 0 Å². The van der Waals surface area contributed by atoms with Crippen LogP contribution in [0.4, 0.5) is 0 Å². The van der Waals surface area contributed by atoms with Crippen molar-refractivity contribution in [2.24, 2.45) is 0 Å². The highest BCUT2D eigenvalue weighted by Gasteiger charge is 2.20. The van der Waals surface area contributed by atoms with Gasteiger partial charge >= 0.3 is 7.60 Å². The summed E-state index contributed by atoms with van der Waals surface area (Å²) in [5.41, 5.74) is 0. The van der Waals surface area contributed by atoms with Gasteiger partial charge < -0.3 is 14.2 Å². The Hall–Kier alpha value is -0.830. The molecule has 0 saturated carbocycles. The predicted molar refractivity (Wildman–Crippen MR) is 49.5 cm³/mol. The lowest BCUT2D eigenvalue weighted by molar-refractivity contribution is 0.327. The quantitative estimate of drug-likeness (QED) is 0.747. The molecule has 1 rings (SSSR count). The van der Waals surface area contributed by atoms with Gasteiger partial charge in [-0.2, -0.15) is 0 Å². The van der Waals surface area contributed by atoms with Crippen LogP contribution in [-0.4, -0.2) is 19.1 Å². The van der Waals surface area contributed by atoms with E-state index < -0.39 is 7.60 Å². The highest BCUT2D eigenvalue weighted by Crippen LogP contribution is 2.39. The van der Waals surface area contributed by atoms with E-state index >= 15 is 0 Å². The van der Waals surface area contributed by atoms with Gasteiger partial charge in [-0.15, -0.1) is 0 Å². The van der Waals surface area contributed by atoms with Crippen LogP contribution in [0.3, 0.4) is 0 Å². The summed E-state index contributed by atoms with van der Waals surface area (Å²) >= 11 is 0. The second kappa shape index (κ2) is 3.92. The molecule has 1 aromatic rings. The first kappa shape index (κ1) is 10.3. The first-order chi connectivity index (χ1) is 6.10. The van der Waals surface area contributed by atoms with Crippen molar-refractivity contribution in [3.05, 3.63) is 24.3 Å². The molecule has 0 amide bonds. The number of benzene rings is 1. The fourth-order valence-electron chi connectivity index (χ4n) is 0.892. The van der Waals surface area contributed by atoms with Crippen LogP contribution >= 0.6 is 7.60 Å². The Morgan fingerprint density at radius 1 is 1.38 bits per heavy atom. The molecule has 0 spiro atoms. The molecular formula is C8H11O4P. The SMILES string of the molecule is COc1cccc(P(=O)(O)OC)c1. The van der Waals surface area contributed by atoms with Gasteiger partial charge in [-0.05, 0) is 18.2 Å². The van der Waals surface area contributed by atoms with Gasteiger partial charge in [0.15, 0.2) is 0 Å². The molecule has 1 N–H and O–H groups in total. The van der Waals surface area contributed by atoms with Crippen LogP contribution in [0.25, 0.3) is 0 Å². The molecule has 13 heavy (non-hydrogen) atoms. The number of hydrogen-bond acceptors (Lipinski definition) is 3. The molecule has 0 aromatic heterocycles. The van der Waals surface area contributed by atoms with E-state index in [1.54, 1.807) is 12.1 Å². The van der Waals surface area contributed by atoms with Gasteiger partial charge in [0.25, 0.3) is 0 Å². The van der Waals surface area contributed by atoms with E-state index in [2.05, 4.69) is 4.52 Å². The Labute approximate surface area is 76.6 Å². The Morgan fingerprint density at radius 2 is 2.08 bits per heavy atom. The van der Waals surface area contributed by atoms with Gasteiger partial charge in [0, 0.05) is 7.11 Å². The minimum absolute atomic E-state index is 0.231. The molecular weight excluding hydrogens is 191 g/mol. The zero-order valence-electron chi connectivity index (χ0n) is 7.43. The van der Waals surface area contributed by atoms with E-state index in [9.17, 15) is 9.46 Å². The van der Waals surface area contributed by atoms with E-state index in [4.69, 9.17) is 4.74 Å². The molecule has 0 saturated heterocycles. The van der Waals surface area contributed by atoms with Crippen LogP contribution in [0, 0.1) is 0 Å². The average molecular weight is 202 g/mol. The van der Waals surface area contributed by atoms with Gasteiger partial charge in [-0.1, -0.05) is 6.07 Å². The average Bonchev–Trinajstić information content (AvgIpc) is 2.18. The minimum atomic E-state index is -3.65. The topological polar surface area (TPSA) is 55.8 Å². The molecule has 72 valence electrons. The molecule has 0 fully saturated rings. The van der Waals surface area contributed by atoms with Crippen molar-refractivity contribution < 1.29 is 18.7 Å². The third kappa shape index (κ3) is 2.31. The molecule has 0 bridgehead atoms. The van der Waals surface area contributed by atoms with Gasteiger partial charge in [-0.3, -0.25) is 4.57 Å². The van der Waals surface area contributed by atoms with Crippen LogP contribution in [0.1, 0.15) is 0 Å². The molecule has 0 heterocycles. The van der Waals surface area contributed by atoms with Gasteiger partial charge in [0.2, 0.25) is 0 Å². The summed E-state index contributed by atoms with van der Waals surface area (Å²) in [6.45, 7) is 0. The van der Waals surface area contributed by atoms with Crippen LogP contribution in [0.15, 0.2) is 24.3 Å². The highest BCUT2D eigenvalue weighted by molar-refractivity contribution is 7.61. The monoisotopic (exact) mass is 202 g/mol. The van der Waals surface area contributed by atoms with Crippen LogP contribution < -0.4 is 10.0 Å². The lowest BCUT2D eigenvalue weighted by Crippen LogP contribution is -2.05. The maximum Gasteiger partial charge on any atom is 0.358 e. The van der Waals surface area contributed by atoms with Crippen LogP contribution in [-0.2, 0) is 9.09 Å². The van der Waals surface area contributed by atoms with E-state index in [1.807, 2.05) is 0 Å². The molecule has 0 aliphatic rings. The van der Waals surface area contributed by atoms with Crippen molar-refractivity contribution in [2.45, 2.75) is 0 Å². The first-order valence-electron chi connectivity index (χ1n) is 3.63. The summed E-state index contributed by atoms with van der Waals surface area (Å²) in [4.78, 5) is 9.29. The van der Waals surface area contributed by atoms with Crippen molar-refractivity contribution in [2.75, 3.05) is 14.2 Å². The van der Waals surface area contributed by atoms with E-state index in [0.29, 0.717) is 5.75 Å². The molecule has 1 atom stereocenters. The number of rotatable bonds is 3. The normalized spacial score (nSPS) is 15.0. The molecule has 1 aromatic carbocycles. The number of hydrogen-bond donors (Lipinski definition) is 1. The Kier molecular flexibility index (Phi) is 3.09. The summed E-state index contributed by atoms with van der Waals surface area (Å²) in [6.07, 6.45) is 0. The fourth-order valence-corrected chi connectivity index (χ4v) is 1.67. The third-order valence-corrected chi connectivity index (χ3v) is 3.05. The van der Waals surface area contributed by atoms with Crippen molar-refractivity contribution in [3.8, 4) is 5.75 Å². The third-order valence-electron chi connectivity index (χ3n) is 1.63. The van der Waals surface area contributed by atoms with Gasteiger partial charge in [0.1, 0.15) is 5.75 Å². The Balaban J connectivity index is 3.09. The molecule has 0 aliphatic carbocycles. The summed E-state index contributed by atoms with van der Waals surface area (Å²) < 4.78 is 20.7. The van der Waals surface area contributed by atoms with Crippen molar-refractivity contribution in [1.82, 2.24) is 0 Å². The highest BCUT2D eigenvalue weighted by atomic mass is 31.2. The van der Waals surface area contributed by atoms with E-state index in [1.165, 1.54) is 26.4 Å². The van der Waals surface area contributed by atoms with Crippen LogP contribution in [0.5, 0.6) is 5.75 Å². The smallest absolute Gasteiger partial charge is 0.358 e. The van der Waals surface area contributed by atoms with Gasteiger partial charge in [-0.25, -0.2) is 0 Å². The zero-order chi connectivity index (χ0) is 9.90. The summed E-state index contributed by atoms with van der Waals surface area (Å²) in [5, 5.41) is 0.231.